The fraction of sp³-hybridized carbons (Fsp3) is 0.727. The van der Waals surface area contributed by atoms with Gasteiger partial charge in [0, 0.05) is 12.0 Å². The lowest BCUT2D eigenvalue weighted by Crippen LogP contribution is -2.31. The van der Waals surface area contributed by atoms with E-state index >= 15 is 0 Å². The first-order valence-electron chi connectivity index (χ1n) is 10.3. The van der Waals surface area contributed by atoms with Crippen LogP contribution in [-0.2, 0) is 22.3 Å². The molecule has 0 spiro atoms. The Morgan fingerprint density at radius 3 is 2.65 bits per heavy atom. The summed E-state index contributed by atoms with van der Waals surface area (Å²) >= 11 is 0. The van der Waals surface area contributed by atoms with Crippen LogP contribution in [0.3, 0.4) is 0 Å². The van der Waals surface area contributed by atoms with E-state index in [1.165, 1.54) is 24.0 Å². The molecule has 0 saturated carbocycles. The van der Waals surface area contributed by atoms with Gasteiger partial charge in [-0.25, -0.2) is 0 Å². The molecule has 0 N–H and O–H groups in total. The van der Waals surface area contributed by atoms with Crippen molar-refractivity contribution in [1.82, 2.24) is 0 Å². The molecule has 146 valence electrons. The third-order valence-electron chi connectivity index (χ3n) is 5.48. The summed E-state index contributed by atoms with van der Waals surface area (Å²) in [6.45, 7) is 6.06. The van der Waals surface area contributed by atoms with Gasteiger partial charge in [-0.05, 0) is 69.1 Å². The Bertz CT molecular complexity index is 564. The predicted octanol–water partition coefficient (Wildman–Crippen LogP) is 4.91. The van der Waals surface area contributed by atoms with Crippen LogP contribution < -0.4 is 9.47 Å². The molecular formula is C22H34O4. The number of aryl methyl sites for hydroxylation is 2. The summed E-state index contributed by atoms with van der Waals surface area (Å²) in [5, 5.41) is 0. The number of benzene rings is 1. The van der Waals surface area contributed by atoms with Crippen LogP contribution in [0.5, 0.6) is 11.5 Å². The third-order valence-corrected chi connectivity index (χ3v) is 5.48. The third kappa shape index (κ3) is 5.14. The zero-order valence-electron chi connectivity index (χ0n) is 16.6. The van der Waals surface area contributed by atoms with Gasteiger partial charge in [0.05, 0.1) is 26.4 Å². The van der Waals surface area contributed by atoms with Crippen LogP contribution in [0.15, 0.2) is 12.1 Å². The zero-order valence-corrected chi connectivity index (χ0v) is 16.6. The minimum Gasteiger partial charge on any atom is -0.496 e. The van der Waals surface area contributed by atoms with E-state index in [0.29, 0.717) is 12.0 Å². The van der Waals surface area contributed by atoms with Gasteiger partial charge in [-0.3, -0.25) is 0 Å². The van der Waals surface area contributed by atoms with E-state index in [1.807, 2.05) is 0 Å². The van der Waals surface area contributed by atoms with Crippen molar-refractivity contribution in [2.45, 2.75) is 77.6 Å². The van der Waals surface area contributed by atoms with Crippen LogP contribution in [0, 0.1) is 5.92 Å². The lowest BCUT2D eigenvalue weighted by molar-refractivity contribution is -0.204. The second-order valence-electron chi connectivity index (χ2n) is 7.74. The Balaban J connectivity index is 1.45. The van der Waals surface area contributed by atoms with Gasteiger partial charge in [0.15, 0.2) is 6.29 Å². The van der Waals surface area contributed by atoms with Crippen molar-refractivity contribution in [2.75, 3.05) is 20.3 Å². The lowest BCUT2D eigenvalue weighted by atomic mass is 9.97. The molecule has 3 rings (SSSR count). The van der Waals surface area contributed by atoms with Crippen LogP contribution in [0.4, 0.5) is 0 Å². The van der Waals surface area contributed by atoms with Crippen molar-refractivity contribution in [2.24, 2.45) is 5.92 Å². The van der Waals surface area contributed by atoms with Crippen LogP contribution in [-0.4, -0.2) is 32.7 Å². The van der Waals surface area contributed by atoms with Gasteiger partial charge in [0.2, 0.25) is 0 Å². The summed E-state index contributed by atoms with van der Waals surface area (Å²) in [7, 11) is 1.74. The molecule has 0 radical (unpaired) electrons. The number of rotatable bonds is 8. The van der Waals surface area contributed by atoms with Crippen LogP contribution in [0.2, 0.25) is 0 Å². The summed E-state index contributed by atoms with van der Waals surface area (Å²) in [5.74, 6) is 2.53. The molecule has 1 fully saturated rings. The van der Waals surface area contributed by atoms with E-state index < -0.39 is 0 Å². The van der Waals surface area contributed by atoms with Crippen LogP contribution in [0.25, 0.3) is 0 Å². The highest BCUT2D eigenvalue weighted by molar-refractivity contribution is 5.47. The average Bonchev–Trinajstić information content (AvgIpc) is 2.66. The zero-order chi connectivity index (χ0) is 18.4. The molecule has 2 aliphatic heterocycles. The van der Waals surface area contributed by atoms with Crippen molar-refractivity contribution >= 4 is 0 Å². The van der Waals surface area contributed by atoms with Gasteiger partial charge < -0.3 is 18.9 Å². The van der Waals surface area contributed by atoms with E-state index in [1.54, 1.807) is 7.11 Å². The first-order valence-corrected chi connectivity index (χ1v) is 10.3. The first-order chi connectivity index (χ1) is 12.7. The van der Waals surface area contributed by atoms with E-state index in [2.05, 4.69) is 26.0 Å². The first kappa shape index (κ1) is 19.5. The molecule has 1 saturated heterocycles. The quantitative estimate of drug-likeness (QED) is 0.616. The Labute approximate surface area is 158 Å². The summed E-state index contributed by atoms with van der Waals surface area (Å²) < 4.78 is 23.3. The fourth-order valence-corrected chi connectivity index (χ4v) is 3.93. The summed E-state index contributed by atoms with van der Waals surface area (Å²) in [4.78, 5) is 0. The fourth-order valence-electron chi connectivity index (χ4n) is 3.93. The molecule has 4 heteroatoms. The average molecular weight is 363 g/mol. The molecule has 1 aromatic carbocycles. The molecule has 1 atom stereocenters. The molecule has 4 nitrogen and oxygen atoms in total. The second-order valence-corrected chi connectivity index (χ2v) is 7.74. The van der Waals surface area contributed by atoms with E-state index in [4.69, 9.17) is 18.9 Å². The lowest BCUT2D eigenvalue weighted by Gasteiger charge is -2.29. The van der Waals surface area contributed by atoms with Gasteiger partial charge in [-0.1, -0.05) is 13.3 Å². The van der Waals surface area contributed by atoms with Gasteiger partial charge in [0.1, 0.15) is 11.5 Å². The molecule has 0 bridgehead atoms. The van der Waals surface area contributed by atoms with Gasteiger partial charge in [-0.15, -0.1) is 0 Å². The van der Waals surface area contributed by atoms with Gasteiger partial charge in [0.25, 0.3) is 0 Å². The molecule has 0 aromatic heterocycles. The maximum Gasteiger partial charge on any atom is 0.157 e. The van der Waals surface area contributed by atoms with E-state index in [0.717, 1.165) is 63.2 Å². The molecule has 2 aliphatic rings. The summed E-state index contributed by atoms with van der Waals surface area (Å²) in [6.07, 6.45) is 9.11. The predicted molar refractivity (Wildman–Crippen MR) is 103 cm³/mol. The van der Waals surface area contributed by atoms with E-state index in [9.17, 15) is 0 Å². The van der Waals surface area contributed by atoms with Gasteiger partial charge in [-0.2, -0.15) is 0 Å². The largest absolute Gasteiger partial charge is 0.496 e. The monoisotopic (exact) mass is 362 g/mol. The molecule has 0 amide bonds. The molecule has 1 unspecified atom stereocenters. The topological polar surface area (TPSA) is 36.9 Å². The highest BCUT2D eigenvalue weighted by Crippen LogP contribution is 2.35. The van der Waals surface area contributed by atoms with Crippen molar-refractivity contribution in [3.8, 4) is 11.5 Å². The van der Waals surface area contributed by atoms with Crippen LogP contribution >= 0.6 is 0 Å². The second kappa shape index (κ2) is 9.61. The minimum absolute atomic E-state index is 0.0107. The Kier molecular flexibility index (Phi) is 7.21. The molecule has 2 heterocycles. The number of methoxy groups -OCH3 is 1. The number of fused-ring (bicyclic) bond motifs is 1. The SMILES string of the molecule is CCCC1COC(CCCCc2cc3c(cc2OC)OC(C)CC3)OC1. The number of ether oxygens (including phenoxy) is 4. The van der Waals surface area contributed by atoms with Crippen molar-refractivity contribution in [3.05, 3.63) is 23.3 Å². The smallest absolute Gasteiger partial charge is 0.157 e. The molecule has 1 aromatic rings. The number of unbranched alkanes of at least 4 members (excludes halogenated alkanes) is 1. The normalized spacial score (nSPS) is 25.4. The summed E-state index contributed by atoms with van der Waals surface area (Å²) in [5.41, 5.74) is 2.61. The standard InChI is InChI=1S/C22H34O4/c1-4-7-17-14-24-22(25-15-17)9-6-5-8-18-12-19-11-10-16(2)26-21(19)13-20(18)23-3/h12-13,16-17,22H,4-11,14-15H2,1-3H3. The molecule has 26 heavy (non-hydrogen) atoms. The van der Waals surface area contributed by atoms with Gasteiger partial charge >= 0.3 is 0 Å². The number of hydrogen-bond acceptors (Lipinski definition) is 4. The Morgan fingerprint density at radius 2 is 1.92 bits per heavy atom. The highest BCUT2D eigenvalue weighted by atomic mass is 16.7. The van der Waals surface area contributed by atoms with Crippen LogP contribution in [0.1, 0.15) is 63.5 Å². The Hall–Kier alpha value is -1.26. The van der Waals surface area contributed by atoms with E-state index in [-0.39, 0.29) is 6.29 Å². The number of hydrogen-bond donors (Lipinski definition) is 0. The maximum atomic E-state index is 5.95. The van der Waals surface area contributed by atoms with Crippen molar-refractivity contribution < 1.29 is 18.9 Å². The maximum absolute atomic E-state index is 5.95. The Morgan fingerprint density at radius 1 is 1.12 bits per heavy atom. The molecular weight excluding hydrogens is 328 g/mol. The minimum atomic E-state index is -0.0107. The summed E-state index contributed by atoms with van der Waals surface area (Å²) in [6, 6.07) is 4.35. The highest BCUT2D eigenvalue weighted by Gasteiger charge is 2.22. The van der Waals surface area contributed by atoms with Crippen molar-refractivity contribution in [1.29, 1.82) is 0 Å². The molecule has 0 aliphatic carbocycles. The van der Waals surface area contributed by atoms with Crippen molar-refractivity contribution in [3.63, 3.8) is 0 Å².